The summed E-state index contributed by atoms with van der Waals surface area (Å²) in [5, 5.41) is 11.6. The molecule has 0 saturated heterocycles. The number of hydrogen-bond donors (Lipinski definition) is 2. The van der Waals surface area contributed by atoms with Gasteiger partial charge in [-0.05, 0) is 18.2 Å². The van der Waals surface area contributed by atoms with Crippen LogP contribution in [0, 0.1) is 11.3 Å². The van der Waals surface area contributed by atoms with Gasteiger partial charge >= 0.3 is 6.09 Å². The highest BCUT2D eigenvalue weighted by Crippen LogP contribution is 2.08. The maximum Gasteiger partial charge on any atom is 0.404 e. The molecule has 1 amide bonds. The highest BCUT2D eigenvalue weighted by molar-refractivity contribution is 5.64. The van der Waals surface area contributed by atoms with E-state index in [0.717, 1.165) is 5.69 Å². The van der Waals surface area contributed by atoms with E-state index in [1.165, 1.54) is 0 Å². The Morgan fingerprint density at radius 2 is 2.40 bits per heavy atom. The van der Waals surface area contributed by atoms with Crippen LogP contribution < -0.4 is 11.1 Å². The van der Waals surface area contributed by atoms with Crippen molar-refractivity contribution in [2.75, 3.05) is 18.5 Å². The number of nitrogens with one attached hydrogen (secondary N) is 1. The molecule has 1 aromatic rings. The summed E-state index contributed by atoms with van der Waals surface area (Å²) in [4.78, 5) is 10.2. The van der Waals surface area contributed by atoms with Crippen molar-refractivity contribution in [1.29, 1.82) is 5.26 Å². The molecule has 0 saturated carbocycles. The van der Waals surface area contributed by atoms with Gasteiger partial charge in [-0.15, -0.1) is 0 Å². The van der Waals surface area contributed by atoms with Crippen molar-refractivity contribution in [1.82, 2.24) is 0 Å². The Labute approximate surface area is 87.4 Å². The van der Waals surface area contributed by atoms with E-state index in [0.29, 0.717) is 12.1 Å². The van der Waals surface area contributed by atoms with Crippen molar-refractivity contribution in [2.24, 2.45) is 5.73 Å². The number of benzene rings is 1. The smallest absolute Gasteiger partial charge is 0.404 e. The molecule has 5 heteroatoms. The van der Waals surface area contributed by atoms with Crippen LogP contribution in [0.3, 0.4) is 0 Å². The summed E-state index contributed by atoms with van der Waals surface area (Å²) in [5.41, 5.74) is 6.17. The van der Waals surface area contributed by atoms with Gasteiger partial charge in [0, 0.05) is 12.2 Å². The number of ether oxygens (including phenoxy) is 1. The number of nitriles is 1. The summed E-state index contributed by atoms with van der Waals surface area (Å²) in [7, 11) is 0. The highest BCUT2D eigenvalue weighted by Gasteiger charge is 1.95. The minimum atomic E-state index is -0.789. The van der Waals surface area contributed by atoms with Crippen LogP contribution in [0.25, 0.3) is 0 Å². The van der Waals surface area contributed by atoms with E-state index in [2.05, 4.69) is 10.1 Å². The molecule has 0 unspecified atom stereocenters. The molecule has 0 aliphatic rings. The van der Waals surface area contributed by atoms with Crippen molar-refractivity contribution in [2.45, 2.75) is 0 Å². The van der Waals surface area contributed by atoms with Crippen LogP contribution in [-0.2, 0) is 4.74 Å². The predicted molar refractivity (Wildman–Crippen MR) is 55.2 cm³/mol. The van der Waals surface area contributed by atoms with E-state index in [-0.39, 0.29) is 6.61 Å². The van der Waals surface area contributed by atoms with Crippen LogP contribution in [0.5, 0.6) is 0 Å². The summed E-state index contributed by atoms with van der Waals surface area (Å²) in [6, 6.07) is 9.05. The third-order valence-corrected chi connectivity index (χ3v) is 1.67. The zero-order valence-corrected chi connectivity index (χ0v) is 8.06. The Kier molecular flexibility index (Phi) is 3.98. The average Bonchev–Trinajstić information content (AvgIpc) is 2.24. The third kappa shape index (κ3) is 4.00. The van der Waals surface area contributed by atoms with E-state index in [9.17, 15) is 4.79 Å². The lowest BCUT2D eigenvalue weighted by Crippen LogP contribution is -2.18. The second kappa shape index (κ2) is 5.50. The fraction of sp³-hybridized carbons (Fsp3) is 0.200. The van der Waals surface area contributed by atoms with Gasteiger partial charge in [0.05, 0.1) is 11.6 Å². The highest BCUT2D eigenvalue weighted by atomic mass is 16.5. The van der Waals surface area contributed by atoms with E-state index in [1.807, 2.05) is 12.1 Å². The molecule has 5 nitrogen and oxygen atoms in total. The molecule has 3 N–H and O–H groups in total. The van der Waals surface area contributed by atoms with Crippen LogP contribution in [-0.4, -0.2) is 19.2 Å². The molecule has 0 spiro atoms. The Hall–Kier alpha value is -2.22. The molecule has 0 aliphatic heterocycles. The first-order chi connectivity index (χ1) is 7.22. The summed E-state index contributed by atoms with van der Waals surface area (Å²) in [6.07, 6.45) is -0.789. The summed E-state index contributed by atoms with van der Waals surface area (Å²) in [5.74, 6) is 0. The largest absolute Gasteiger partial charge is 0.448 e. The fourth-order valence-corrected chi connectivity index (χ4v) is 1.05. The van der Waals surface area contributed by atoms with Gasteiger partial charge in [0.15, 0.2) is 0 Å². The van der Waals surface area contributed by atoms with Gasteiger partial charge in [-0.2, -0.15) is 5.26 Å². The van der Waals surface area contributed by atoms with E-state index in [4.69, 9.17) is 11.0 Å². The van der Waals surface area contributed by atoms with E-state index in [1.54, 1.807) is 18.2 Å². The van der Waals surface area contributed by atoms with Gasteiger partial charge < -0.3 is 15.8 Å². The zero-order valence-electron chi connectivity index (χ0n) is 8.06. The number of anilines is 1. The van der Waals surface area contributed by atoms with Crippen molar-refractivity contribution in [3.05, 3.63) is 29.8 Å². The van der Waals surface area contributed by atoms with Crippen molar-refractivity contribution in [3.8, 4) is 6.07 Å². The standard InChI is InChI=1S/C10H11N3O2/c11-7-8-2-1-3-9(6-8)13-4-5-15-10(12)14/h1-3,6,13H,4-5H2,(H2,12,14). The lowest BCUT2D eigenvalue weighted by molar-refractivity contribution is 0.161. The predicted octanol–water partition coefficient (Wildman–Crippen LogP) is 1.07. The molecule has 0 atom stereocenters. The van der Waals surface area contributed by atoms with Crippen molar-refractivity contribution >= 4 is 11.8 Å². The van der Waals surface area contributed by atoms with Gasteiger partial charge in [-0.25, -0.2) is 4.79 Å². The first-order valence-electron chi connectivity index (χ1n) is 4.38. The Morgan fingerprint density at radius 1 is 1.60 bits per heavy atom. The van der Waals surface area contributed by atoms with Gasteiger partial charge in [0.25, 0.3) is 0 Å². The maximum atomic E-state index is 10.2. The second-order valence-electron chi connectivity index (χ2n) is 2.79. The number of amides is 1. The number of hydrogen-bond acceptors (Lipinski definition) is 4. The quantitative estimate of drug-likeness (QED) is 0.719. The van der Waals surface area contributed by atoms with E-state index >= 15 is 0 Å². The summed E-state index contributed by atoms with van der Waals surface area (Å²) >= 11 is 0. The minimum Gasteiger partial charge on any atom is -0.448 e. The van der Waals surface area contributed by atoms with Crippen molar-refractivity contribution < 1.29 is 9.53 Å². The van der Waals surface area contributed by atoms with E-state index < -0.39 is 6.09 Å². The van der Waals surface area contributed by atoms with Gasteiger partial charge in [0.2, 0.25) is 0 Å². The first-order valence-corrected chi connectivity index (χ1v) is 4.38. The van der Waals surface area contributed by atoms with Gasteiger partial charge in [-0.1, -0.05) is 6.07 Å². The average molecular weight is 205 g/mol. The normalized spacial score (nSPS) is 9.00. The van der Waals surface area contributed by atoms with Crippen LogP contribution in [0.1, 0.15) is 5.56 Å². The molecule has 0 heterocycles. The van der Waals surface area contributed by atoms with Crippen LogP contribution in [0.15, 0.2) is 24.3 Å². The van der Waals surface area contributed by atoms with Crippen LogP contribution in [0.2, 0.25) is 0 Å². The molecule has 78 valence electrons. The molecule has 0 fully saturated rings. The molecular formula is C10H11N3O2. The molecule has 1 rings (SSSR count). The molecule has 0 bridgehead atoms. The molecule has 0 radical (unpaired) electrons. The van der Waals surface area contributed by atoms with Crippen LogP contribution >= 0.6 is 0 Å². The minimum absolute atomic E-state index is 0.201. The van der Waals surface area contributed by atoms with Gasteiger partial charge in [-0.3, -0.25) is 0 Å². The monoisotopic (exact) mass is 205 g/mol. The van der Waals surface area contributed by atoms with Gasteiger partial charge in [0.1, 0.15) is 6.61 Å². The first kappa shape index (κ1) is 10.9. The fourth-order valence-electron chi connectivity index (χ4n) is 1.05. The lowest BCUT2D eigenvalue weighted by Gasteiger charge is -2.05. The molecular weight excluding hydrogens is 194 g/mol. The van der Waals surface area contributed by atoms with Crippen molar-refractivity contribution in [3.63, 3.8) is 0 Å². The number of nitrogens with two attached hydrogens (primary N) is 1. The number of carbonyl (C=O) groups excluding carboxylic acids is 1. The lowest BCUT2D eigenvalue weighted by atomic mass is 10.2. The Bertz CT molecular complexity index is 384. The number of carbonyl (C=O) groups is 1. The molecule has 15 heavy (non-hydrogen) atoms. The summed E-state index contributed by atoms with van der Waals surface area (Å²) < 4.78 is 4.53. The molecule has 0 aliphatic carbocycles. The maximum absolute atomic E-state index is 10.2. The molecule has 1 aromatic carbocycles. The Morgan fingerprint density at radius 3 is 3.07 bits per heavy atom. The number of rotatable bonds is 4. The number of nitrogens with zero attached hydrogens (tertiary/aromatic N) is 1. The topological polar surface area (TPSA) is 88.1 Å². The molecule has 0 aromatic heterocycles. The Balaban J connectivity index is 2.38. The third-order valence-electron chi connectivity index (χ3n) is 1.67. The SMILES string of the molecule is N#Cc1cccc(NCCOC(N)=O)c1. The zero-order chi connectivity index (χ0) is 11.1. The van der Waals surface area contributed by atoms with Crippen LogP contribution in [0.4, 0.5) is 10.5 Å². The summed E-state index contributed by atoms with van der Waals surface area (Å²) in [6.45, 7) is 0.657. The second-order valence-corrected chi connectivity index (χ2v) is 2.79. The number of primary amides is 1.